The van der Waals surface area contributed by atoms with Crippen LogP contribution >= 0.6 is 0 Å². The van der Waals surface area contributed by atoms with Crippen LogP contribution < -0.4 is 21.3 Å². The lowest BCUT2D eigenvalue weighted by atomic mass is 9.88. The van der Waals surface area contributed by atoms with Gasteiger partial charge in [0.15, 0.2) is 0 Å². The maximum Gasteiger partial charge on any atom is 0.336 e. The van der Waals surface area contributed by atoms with Gasteiger partial charge in [0.2, 0.25) is 0 Å². The molecule has 1 saturated heterocycles. The topological polar surface area (TPSA) is 176 Å². The van der Waals surface area contributed by atoms with E-state index < -0.39 is 23.0 Å². The molecule has 4 aromatic heterocycles. The second kappa shape index (κ2) is 18.1. The number of pyridine rings is 2. The van der Waals surface area contributed by atoms with Crippen molar-refractivity contribution in [1.82, 2.24) is 30.1 Å². The van der Waals surface area contributed by atoms with Crippen molar-refractivity contribution in [2.24, 2.45) is 0 Å². The number of carbonyl (C=O) groups is 2. The predicted octanol–water partition coefficient (Wildman–Crippen LogP) is 5.62. The summed E-state index contributed by atoms with van der Waals surface area (Å²) in [5, 5.41) is 24.0. The van der Waals surface area contributed by atoms with E-state index in [9.17, 15) is 29.7 Å². The summed E-state index contributed by atoms with van der Waals surface area (Å²) in [5.41, 5.74) is 0.663. The SMILES string of the molecule is CCCCNC(=O)c1cc(C(=O)O)c(C(=N)N(CCCC)CCN(Cc2ccccn2)Cc2ccccn2)c2c3cc(N4CCCCC4)c(c(=O)[nH]c3=O)c12. The van der Waals surface area contributed by atoms with Crippen LogP contribution in [0.15, 0.2) is 70.5 Å². The predicted molar refractivity (Wildman–Crippen MR) is 216 cm³/mol. The van der Waals surface area contributed by atoms with E-state index >= 15 is 0 Å². The number of aromatic amines is 1. The third-order valence-corrected chi connectivity index (χ3v) is 10.3. The van der Waals surface area contributed by atoms with Crippen LogP contribution in [-0.4, -0.2) is 86.8 Å². The highest BCUT2D eigenvalue weighted by atomic mass is 16.4. The second-order valence-corrected chi connectivity index (χ2v) is 14.2. The Morgan fingerprint density at radius 2 is 1.51 bits per heavy atom. The van der Waals surface area contributed by atoms with Gasteiger partial charge in [-0.1, -0.05) is 38.8 Å². The van der Waals surface area contributed by atoms with Crippen molar-refractivity contribution in [3.63, 3.8) is 0 Å². The Kier molecular flexibility index (Phi) is 12.8. The third-order valence-electron chi connectivity index (χ3n) is 10.3. The summed E-state index contributed by atoms with van der Waals surface area (Å²) in [6, 6.07) is 14.5. The maximum atomic E-state index is 14.0. The van der Waals surface area contributed by atoms with Gasteiger partial charge in [-0.2, -0.15) is 0 Å². The number of carbonyl (C=O) groups excluding carboxylic acids is 1. The number of carboxylic acids is 1. The first-order valence-corrected chi connectivity index (χ1v) is 19.4. The number of aromatic carboxylic acids is 1. The molecule has 288 valence electrons. The third kappa shape index (κ3) is 8.83. The number of benzene rings is 2. The Balaban J connectivity index is 1.52. The molecule has 2 aromatic carbocycles. The maximum absolute atomic E-state index is 14.0. The Bertz CT molecular complexity index is 2200. The van der Waals surface area contributed by atoms with Crippen molar-refractivity contribution in [3.05, 3.63) is 110 Å². The van der Waals surface area contributed by atoms with Crippen molar-refractivity contribution in [1.29, 1.82) is 5.41 Å². The highest BCUT2D eigenvalue weighted by Crippen LogP contribution is 2.38. The number of H-pyrrole nitrogens is 1. The summed E-state index contributed by atoms with van der Waals surface area (Å²) in [4.78, 5) is 72.8. The van der Waals surface area contributed by atoms with E-state index in [2.05, 4.69) is 30.1 Å². The van der Waals surface area contributed by atoms with E-state index in [-0.39, 0.29) is 44.1 Å². The molecule has 5 heterocycles. The highest BCUT2D eigenvalue weighted by molar-refractivity contribution is 6.29. The average molecular weight is 747 g/mol. The minimum atomic E-state index is -1.34. The van der Waals surface area contributed by atoms with E-state index in [0.29, 0.717) is 64.5 Å². The van der Waals surface area contributed by atoms with Gasteiger partial charge >= 0.3 is 5.97 Å². The number of anilines is 1. The number of hydrogen-bond acceptors (Lipinski definition) is 9. The zero-order chi connectivity index (χ0) is 38.9. The molecule has 1 aliphatic heterocycles. The Morgan fingerprint density at radius 1 is 0.836 bits per heavy atom. The molecule has 1 fully saturated rings. The molecular formula is C42H50N8O5. The van der Waals surface area contributed by atoms with Crippen LogP contribution in [0.2, 0.25) is 0 Å². The van der Waals surface area contributed by atoms with Gasteiger partial charge in [0, 0.05) is 86.7 Å². The summed E-state index contributed by atoms with van der Waals surface area (Å²) < 4.78 is 0. The van der Waals surface area contributed by atoms with Crippen molar-refractivity contribution in [2.45, 2.75) is 71.9 Å². The van der Waals surface area contributed by atoms with E-state index in [1.807, 2.05) is 55.1 Å². The molecule has 0 atom stereocenters. The molecule has 6 aromatic rings. The normalized spacial score (nSPS) is 13.1. The minimum Gasteiger partial charge on any atom is -0.478 e. The van der Waals surface area contributed by atoms with Gasteiger partial charge in [0.25, 0.3) is 17.0 Å². The van der Waals surface area contributed by atoms with Crippen LogP contribution in [0.25, 0.3) is 21.5 Å². The second-order valence-electron chi connectivity index (χ2n) is 14.2. The van der Waals surface area contributed by atoms with E-state index in [0.717, 1.165) is 49.9 Å². The summed E-state index contributed by atoms with van der Waals surface area (Å²) >= 11 is 0. The fourth-order valence-electron chi connectivity index (χ4n) is 7.48. The molecule has 0 unspecified atom stereocenters. The number of aromatic nitrogens is 3. The minimum absolute atomic E-state index is 0.00276. The van der Waals surface area contributed by atoms with E-state index in [1.165, 1.54) is 6.07 Å². The van der Waals surface area contributed by atoms with Gasteiger partial charge in [-0.05, 0) is 68.5 Å². The number of amides is 1. The molecule has 0 aliphatic carbocycles. The molecule has 1 amide bonds. The van der Waals surface area contributed by atoms with E-state index in [1.54, 1.807) is 18.5 Å². The van der Waals surface area contributed by atoms with Gasteiger partial charge in [-0.15, -0.1) is 0 Å². The summed E-state index contributed by atoms with van der Waals surface area (Å²) in [6.45, 7) is 8.05. The van der Waals surface area contributed by atoms with Gasteiger partial charge in [0.1, 0.15) is 5.84 Å². The van der Waals surface area contributed by atoms with Crippen molar-refractivity contribution < 1.29 is 14.7 Å². The molecule has 13 nitrogen and oxygen atoms in total. The number of fused-ring (bicyclic) bond motifs is 3. The number of unbranched alkanes of at least 4 members (excludes halogenated alkanes) is 2. The van der Waals surface area contributed by atoms with Crippen LogP contribution in [0, 0.1) is 5.41 Å². The molecule has 13 heteroatoms. The number of hydrogen-bond donors (Lipinski definition) is 4. The molecule has 7 rings (SSSR count). The fourth-order valence-corrected chi connectivity index (χ4v) is 7.48. The summed E-state index contributed by atoms with van der Waals surface area (Å²) in [5.74, 6) is -1.97. The number of nitrogens with one attached hydrogen (secondary N) is 3. The van der Waals surface area contributed by atoms with E-state index in [4.69, 9.17) is 0 Å². The van der Waals surface area contributed by atoms with Crippen LogP contribution in [0.4, 0.5) is 5.69 Å². The first-order valence-electron chi connectivity index (χ1n) is 19.4. The number of piperidine rings is 1. The number of amidine groups is 1. The fraction of sp³-hybridized carbons (Fsp3) is 0.405. The number of nitrogens with zero attached hydrogens (tertiary/aromatic N) is 5. The molecule has 1 aliphatic rings. The zero-order valence-corrected chi connectivity index (χ0v) is 31.7. The Hall–Kier alpha value is -5.69. The Labute approximate surface area is 320 Å². The lowest BCUT2D eigenvalue weighted by Crippen LogP contribution is -2.40. The lowest BCUT2D eigenvalue weighted by Gasteiger charge is -2.31. The van der Waals surface area contributed by atoms with Gasteiger partial charge in [0.05, 0.1) is 33.4 Å². The smallest absolute Gasteiger partial charge is 0.336 e. The monoisotopic (exact) mass is 746 g/mol. The summed E-state index contributed by atoms with van der Waals surface area (Å²) in [6.07, 6.45) is 9.44. The van der Waals surface area contributed by atoms with Crippen LogP contribution in [0.3, 0.4) is 0 Å². The molecule has 0 spiro atoms. The quantitative estimate of drug-likeness (QED) is 0.0531. The standard InChI is InChI=1S/C42H50N8O5/c1-3-5-16-46-39(51)30-24-32(42(54)55)36(34-31-25-33(49-20-12-7-13-21-49)37(35(30)34)41(53)47-40(31)52)38(43)50(19-6-4-2)23-22-48(26-28-14-8-10-17-44-28)27-29-15-9-11-18-45-29/h8-11,14-15,17-18,24-25,43H,3-7,12-13,16,19-23,26-27H2,1-2H3,(H,46,51)(H,54,55)(H,47,52,53). The van der Waals surface area contributed by atoms with Crippen molar-refractivity contribution in [2.75, 3.05) is 44.2 Å². The van der Waals surface area contributed by atoms with Gasteiger partial charge < -0.3 is 20.2 Å². The van der Waals surface area contributed by atoms with Crippen molar-refractivity contribution in [3.8, 4) is 0 Å². The molecule has 55 heavy (non-hydrogen) atoms. The number of rotatable bonds is 17. The molecular weight excluding hydrogens is 697 g/mol. The zero-order valence-electron chi connectivity index (χ0n) is 31.7. The molecule has 0 radical (unpaired) electrons. The highest BCUT2D eigenvalue weighted by Gasteiger charge is 2.31. The average Bonchev–Trinajstić information content (AvgIpc) is 3.39. The van der Waals surface area contributed by atoms with Crippen LogP contribution in [0.1, 0.15) is 96.5 Å². The number of carboxylic acid groups (broad SMARTS) is 1. The molecule has 2 bridgehead atoms. The largest absolute Gasteiger partial charge is 0.478 e. The first kappa shape index (κ1) is 39.0. The Morgan fingerprint density at radius 3 is 2.11 bits per heavy atom. The summed E-state index contributed by atoms with van der Waals surface area (Å²) in [7, 11) is 0. The van der Waals surface area contributed by atoms with Gasteiger partial charge in [-0.25, -0.2) is 4.79 Å². The van der Waals surface area contributed by atoms with Gasteiger partial charge in [-0.3, -0.25) is 39.6 Å². The first-order chi connectivity index (χ1) is 26.7. The van der Waals surface area contributed by atoms with Crippen LogP contribution in [0.5, 0.6) is 0 Å². The molecule has 4 N–H and O–H groups in total. The molecule has 0 saturated carbocycles. The van der Waals surface area contributed by atoms with Crippen LogP contribution in [-0.2, 0) is 13.1 Å². The lowest BCUT2D eigenvalue weighted by molar-refractivity contribution is 0.0696. The van der Waals surface area contributed by atoms with Crippen molar-refractivity contribution >= 4 is 44.9 Å².